The Morgan fingerprint density at radius 2 is 2.24 bits per heavy atom. The zero-order chi connectivity index (χ0) is 18.0. The van der Waals surface area contributed by atoms with Crippen LogP contribution in [0.2, 0.25) is 5.02 Å². The van der Waals surface area contributed by atoms with Crippen LogP contribution in [0.3, 0.4) is 0 Å². The minimum atomic E-state index is -0.176. The molecule has 3 rings (SSSR count). The molecule has 1 fully saturated rings. The minimum Gasteiger partial charge on any atom is -0.323 e. The van der Waals surface area contributed by atoms with Crippen molar-refractivity contribution in [1.82, 2.24) is 9.88 Å². The first-order chi connectivity index (χ1) is 12.0. The largest absolute Gasteiger partial charge is 0.323 e. The van der Waals surface area contributed by atoms with Crippen molar-refractivity contribution in [3.05, 3.63) is 45.4 Å². The van der Waals surface area contributed by atoms with Crippen LogP contribution in [-0.2, 0) is 11.2 Å². The van der Waals surface area contributed by atoms with Crippen molar-refractivity contribution in [1.29, 1.82) is 0 Å². The topological polar surface area (TPSA) is 53.5 Å². The van der Waals surface area contributed by atoms with Crippen LogP contribution in [0.25, 0.3) is 0 Å². The van der Waals surface area contributed by atoms with Crippen LogP contribution < -0.4 is 4.90 Å². The molecule has 7 heteroatoms. The molecule has 1 aliphatic heterocycles. The van der Waals surface area contributed by atoms with Crippen LogP contribution in [0.15, 0.2) is 29.6 Å². The van der Waals surface area contributed by atoms with Gasteiger partial charge < -0.3 is 9.80 Å². The number of thiazole rings is 1. The zero-order valence-corrected chi connectivity index (χ0v) is 15.8. The summed E-state index contributed by atoms with van der Waals surface area (Å²) in [5.41, 5.74) is 1.19. The van der Waals surface area contributed by atoms with E-state index >= 15 is 0 Å². The van der Waals surface area contributed by atoms with Crippen LogP contribution in [0, 0.1) is 0 Å². The van der Waals surface area contributed by atoms with E-state index in [0.29, 0.717) is 17.3 Å². The monoisotopic (exact) mass is 377 g/mol. The van der Waals surface area contributed by atoms with Gasteiger partial charge in [-0.15, -0.1) is 11.3 Å². The molecule has 0 bridgehead atoms. The van der Waals surface area contributed by atoms with Gasteiger partial charge in [-0.25, -0.2) is 4.98 Å². The molecule has 25 heavy (non-hydrogen) atoms. The van der Waals surface area contributed by atoms with Crippen molar-refractivity contribution < 1.29 is 9.59 Å². The van der Waals surface area contributed by atoms with E-state index in [9.17, 15) is 9.59 Å². The molecule has 0 spiro atoms. The van der Waals surface area contributed by atoms with E-state index in [0.717, 1.165) is 23.5 Å². The molecule has 2 aromatic rings. The van der Waals surface area contributed by atoms with Gasteiger partial charge in [0.1, 0.15) is 12.2 Å². The summed E-state index contributed by atoms with van der Waals surface area (Å²) in [7, 11) is 0. The van der Waals surface area contributed by atoms with Crippen molar-refractivity contribution in [2.75, 3.05) is 18.0 Å². The van der Waals surface area contributed by atoms with Gasteiger partial charge in [-0.05, 0) is 38.0 Å². The lowest BCUT2D eigenvalue weighted by Crippen LogP contribution is -2.57. The maximum absolute atomic E-state index is 12.7. The van der Waals surface area contributed by atoms with Crippen LogP contribution in [0.1, 0.15) is 35.8 Å². The van der Waals surface area contributed by atoms with Crippen molar-refractivity contribution in [2.24, 2.45) is 0 Å². The second-order valence-electron chi connectivity index (χ2n) is 6.14. The number of hydrogen-bond donors (Lipinski definition) is 0. The summed E-state index contributed by atoms with van der Waals surface area (Å²) in [6, 6.07) is 7.11. The third-order valence-corrected chi connectivity index (χ3v) is 5.34. The van der Waals surface area contributed by atoms with E-state index in [1.165, 1.54) is 11.3 Å². The lowest BCUT2D eigenvalue weighted by atomic mass is 10.1. The molecule has 1 atom stereocenters. The fourth-order valence-corrected chi connectivity index (χ4v) is 3.96. The molecule has 1 aromatic carbocycles. The zero-order valence-electron chi connectivity index (χ0n) is 14.2. The van der Waals surface area contributed by atoms with Gasteiger partial charge >= 0.3 is 0 Å². The Morgan fingerprint density at radius 1 is 1.44 bits per heavy atom. The standard InChI is InChI=1S/C18H20ClN3O2S/c1-3-5-16-20-15(11-25-16)18(24)21-10-17(23)22(9-12(21)2)14-7-4-6-13(19)8-14/h4,6-8,11-12H,3,5,9-10H2,1-2H3/t12-/m1/s1. The number of hydrogen-bond acceptors (Lipinski definition) is 4. The van der Waals surface area contributed by atoms with Crippen LogP contribution in [-0.4, -0.2) is 40.8 Å². The molecule has 2 heterocycles. The summed E-state index contributed by atoms with van der Waals surface area (Å²) < 4.78 is 0. The lowest BCUT2D eigenvalue weighted by molar-refractivity contribution is -0.121. The third-order valence-electron chi connectivity index (χ3n) is 4.20. The predicted molar refractivity (Wildman–Crippen MR) is 100 cm³/mol. The average molecular weight is 378 g/mol. The van der Waals surface area contributed by atoms with Crippen molar-refractivity contribution in [3.8, 4) is 0 Å². The first-order valence-corrected chi connectivity index (χ1v) is 9.56. The van der Waals surface area contributed by atoms with Gasteiger partial charge in [0.25, 0.3) is 5.91 Å². The lowest BCUT2D eigenvalue weighted by Gasteiger charge is -2.39. The van der Waals surface area contributed by atoms with Gasteiger partial charge in [-0.3, -0.25) is 9.59 Å². The number of anilines is 1. The van der Waals surface area contributed by atoms with Crippen LogP contribution >= 0.6 is 22.9 Å². The average Bonchev–Trinajstić information content (AvgIpc) is 3.05. The number of aromatic nitrogens is 1. The normalized spacial score (nSPS) is 17.9. The molecule has 5 nitrogen and oxygen atoms in total. The number of amides is 2. The highest BCUT2D eigenvalue weighted by molar-refractivity contribution is 7.09. The highest BCUT2D eigenvalue weighted by atomic mass is 35.5. The number of piperazine rings is 1. The van der Waals surface area contributed by atoms with Gasteiger partial charge in [0.05, 0.1) is 5.01 Å². The molecular formula is C18H20ClN3O2S. The SMILES string of the molecule is CCCc1nc(C(=O)N2CC(=O)N(c3cccc(Cl)c3)C[C@H]2C)cs1. The van der Waals surface area contributed by atoms with E-state index in [1.807, 2.05) is 19.1 Å². The Labute approximate surface area is 156 Å². The first kappa shape index (κ1) is 17.9. The Kier molecular flexibility index (Phi) is 5.39. The molecule has 0 unspecified atom stereocenters. The second-order valence-corrected chi connectivity index (χ2v) is 7.52. The molecule has 2 amide bonds. The molecular weight excluding hydrogens is 358 g/mol. The quantitative estimate of drug-likeness (QED) is 0.817. The van der Waals surface area contributed by atoms with E-state index in [1.54, 1.807) is 27.3 Å². The van der Waals surface area contributed by atoms with Crippen LogP contribution in [0.4, 0.5) is 5.69 Å². The smallest absolute Gasteiger partial charge is 0.274 e. The minimum absolute atomic E-state index is 0.0488. The van der Waals surface area contributed by atoms with Gasteiger partial charge in [-0.1, -0.05) is 24.6 Å². The number of nitrogens with zero attached hydrogens (tertiary/aromatic N) is 3. The van der Waals surface area contributed by atoms with Gasteiger partial charge in [-0.2, -0.15) is 0 Å². The number of benzene rings is 1. The van der Waals surface area contributed by atoms with Crippen molar-refractivity contribution in [3.63, 3.8) is 0 Å². The summed E-state index contributed by atoms with van der Waals surface area (Å²) in [4.78, 5) is 33.0. The Balaban J connectivity index is 1.75. The molecule has 0 saturated carbocycles. The number of halogens is 1. The van der Waals surface area contributed by atoms with E-state index < -0.39 is 0 Å². The van der Waals surface area contributed by atoms with Gasteiger partial charge in [0.2, 0.25) is 5.91 Å². The van der Waals surface area contributed by atoms with E-state index in [-0.39, 0.29) is 24.4 Å². The maximum Gasteiger partial charge on any atom is 0.274 e. The fraction of sp³-hybridized carbons (Fsp3) is 0.389. The maximum atomic E-state index is 12.7. The summed E-state index contributed by atoms with van der Waals surface area (Å²) in [5.74, 6) is -0.289. The highest BCUT2D eigenvalue weighted by Crippen LogP contribution is 2.24. The molecule has 0 radical (unpaired) electrons. The van der Waals surface area contributed by atoms with Crippen molar-refractivity contribution >= 4 is 40.4 Å². The number of carbonyl (C=O) groups excluding carboxylic acids is 2. The molecule has 0 aliphatic carbocycles. The fourth-order valence-electron chi connectivity index (χ4n) is 2.90. The summed E-state index contributed by atoms with van der Waals surface area (Å²) in [6.07, 6.45) is 1.86. The van der Waals surface area contributed by atoms with E-state index in [2.05, 4.69) is 11.9 Å². The van der Waals surface area contributed by atoms with Crippen molar-refractivity contribution in [2.45, 2.75) is 32.7 Å². The summed E-state index contributed by atoms with van der Waals surface area (Å²) >= 11 is 7.52. The summed E-state index contributed by atoms with van der Waals surface area (Å²) in [6.45, 7) is 4.52. The summed E-state index contributed by atoms with van der Waals surface area (Å²) in [5, 5.41) is 3.33. The molecule has 1 aliphatic rings. The molecule has 1 saturated heterocycles. The Hall–Kier alpha value is -1.92. The molecule has 132 valence electrons. The second kappa shape index (κ2) is 7.54. The molecule has 0 N–H and O–H groups in total. The third kappa shape index (κ3) is 3.85. The number of aryl methyl sites for hydroxylation is 1. The Bertz CT molecular complexity index is 792. The Morgan fingerprint density at radius 3 is 2.96 bits per heavy atom. The number of carbonyl (C=O) groups is 2. The first-order valence-electron chi connectivity index (χ1n) is 8.31. The van der Waals surface area contributed by atoms with Crippen LogP contribution in [0.5, 0.6) is 0 Å². The molecule has 1 aromatic heterocycles. The highest BCUT2D eigenvalue weighted by Gasteiger charge is 2.34. The number of rotatable bonds is 4. The predicted octanol–water partition coefficient (Wildman–Crippen LogP) is 3.63. The van der Waals surface area contributed by atoms with Gasteiger partial charge in [0, 0.05) is 28.7 Å². The van der Waals surface area contributed by atoms with Gasteiger partial charge in [0.15, 0.2) is 0 Å². The van der Waals surface area contributed by atoms with E-state index in [4.69, 9.17) is 11.6 Å².